The van der Waals surface area contributed by atoms with E-state index >= 15 is 4.39 Å². The first-order valence-electron chi connectivity index (χ1n) is 10.7. The van der Waals surface area contributed by atoms with E-state index in [0.29, 0.717) is 41.4 Å². The molecule has 2 N–H and O–H groups in total. The molecule has 33 heavy (non-hydrogen) atoms. The standard InChI is InChI=1S/C24H20FN7O/c1-14-3-2-4-18(30-14)33-17-6-5-15(11-16(17)25)19-20-21(27)28-13-29-22(20)31-9-10-32(23(19)31)24(12-26)7-8-24/h2-6,11,13H,7-10H2,1H3,(H2,27,28,29). The zero-order valence-electron chi connectivity index (χ0n) is 17.9. The van der Waals surface area contributed by atoms with Crippen molar-refractivity contribution < 1.29 is 9.13 Å². The van der Waals surface area contributed by atoms with Crippen LogP contribution in [0.25, 0.3) is 22.2 Å². The molecular formula is C24H20FN7O. The van der Waals surface area contributed by atoms with Gasteiger partial charge in [0.05, 0.1) is 11.5 Å². The predicted octanol–water partition coefficient (Wildman–Crippen LogP) is 4.19. The Morgan fingerprint density at radius 1 is 1.18 bits per heavy atom. The summed E-state index contributed by atoms with van der Waals surface area (Å²) < 4.78 is 22.9. The molecule has 3 aromatic heterocycles. The van der Waals surface area contributed by atoms with Gasteiger partial charge in [-0.25, -0.2) is 19.3 Å². The molecular weight excluding hydrogens is 421 g/mol. The van der Waals surface area contributed by atoms with Gasteiger partial charge in [0.2, 0.25) is 5.88 Å². The third-order valence-corrected chi connectivity index (χ3v) is 6.39. The first-order valence-corrected chi connectivity index (χ1v) is 10.7. The number of ether oxygens (including phenoxy) is 1. The number of fused-ring (bicyclic) bond motifs is 3. The highest BCUT2D eigenvalue weighted by Crippen LogP contribution is 2.52. The highest BCUT2D eigenvalue weighted by molar-refractivity contribution is 6.07. The molecule has 1 aromatic carbocycles. The number of nitrogens with zero attached hydrogens (tertiary/aromatic N) is 6. The van der Waals surface area contributed by atoms with Crippen molar-refractivity contribution in [2.24, 2.45) is 0 Å². The molecule has 1 aliphatic carbocycles. The largest absolute Gasteiger partial charge is 0.436 e. The fourth-order valence-corrected chi connectivity index (χ4v) is 4.66. The molecule has 0 radical (unpaired) electrons. The van der Waals surface area contributed by atoms with Crippen LogP contribution in [-0.2, 0) is 6.54 Å². The number of hydrogen-bond donors (Lipinski definition) is 1. The Hall–Kier alpha value is -4.19. The highest BCUT2D eigenvalue weighted by Gasteiger charge is 2.52. The fraction of sp³-hybridized carbons (Fsp3) is 0.250. The molecule has 9 heteroatoms. The molecule has 1 saturated carbocycles. The minimum absolute atomic E-state index is 0.0776. The highest BCUT2D eigenvalue weighted by atomic mass is 19.1. The summed E-state index contributed by atoms with van der Waals surface area (Å²) >= 11 is 0. The Morgan fingerprint density at radius 2 is 2.03 bits per heavy atom. The number of rotatable bonds is 4. The molecule has 0 unspecified atom stereocenters. The summed E-state index contributed by atoms with van der Waals surface area (Å²) in [5, 5.41) is 10.5. The van der Waals surface area contributed by atoms with Gasteiger partial charge in [0, 0.05) is 30.4 Å². The van der Waals surface area contributed by atoms with E-state index < -0.39 is 11.4 Å². The Morgan fingerprint density at radius 3 is 2.76 bits per heavy atom. The van der Waals surface area contributed by atoms with Crippen molar-refractivity contribution in [1.82, 2.24) is 19.5 Å². The lowest BCUT2D eigenvalue weighted by molar-refractivity contribution is 0.427. The summed E-state index contributed by atoms with van der Waals surface area (Å²) in [6.45, 7) is 3.21. The summed E-state index contributed by atoms with van der Waals surface area (Å²) in [6.07, 6.45) is 3.04. The predicted molar refractivity (Wildman–Crippen MR) is 121 cm³/mol. The van der Waals surface area contributed by atoms with Crippen LogP contribution in [0, 0.1) is 24.1 Å². The molecule has 164 valence electrons. The number of aromatic nitrogens is 4. The van der Waals surface area contributed by atoms with Crippen molar-refractivity contribution in [3.63, 3.8) is 0 Å². The third kappa shape index (κ3) is 2.91. The molecule has 4 heterocycles. The fourth-order valence-electron chi connectivity index (χ4n) is 4.66. The van der Waals surface area contributed by atoms with Crippen LogP contribution in [0.4, 0.5) is 16.0 Å². The topological polar surface area (TPSA) is 106 Å². The van der Waals surface area contributed by atoms with Crippen LogP contribution in [0.15, 0.2) is 42.7 Å². The van der Waals surface area contributed by atoms with E-state index in [2.05, 4.69) is 30.5 Å². The van der Waals surface area contributed by atoms with Crippen molar-refractivity contribution in [3.8, 4) is 28.8 Å². The number of nitrogen functional groups attached to an aromatic ring is 1. The van der Waals surface area contributed by atoms with Crippen LogP contribution in [-0.4, -0.2) is 31.6 Å². The minimum atomic E-state index is -0.530. The van der Waals surface area contributed by atoms with E-state index in [-0.39, 0.29) is 5.75 Å². The monoisotopic (exact) mass is 441 g/mol. The summed E-state index contributed by atoms with van der Waals surface area (Å²) in [6, 6.07) is 12.6. The van der Waals surface area contributed by atoms with Gasteiger partial charge < -0.3 is 19.9 Å². The van der Waals surface area contributed by atoms with Crippen molar-refractivity contribution in [2.75, 3.05) is 17.2 Å². The molecule has 0 saturated heterocycles. The average molecular weight is 441 g/mol. The van der Waals surface area contributed by atoms with Crippen LogP contribution in [0.2, 0.25) is 0 Å². The lowest BCUT2D eigenvalue weighted by atomic mass is 10.0. The van der Waals surface area contributed by atoms with Gasteiger partial charge in [-0.05, 0) is 43.5 Å². The van der Waals surface area contributed by atoms with E-state index in [1.807, 2.05) is 13.0 Å². The molecule has 8 nitrogen and oxygen atoms in total. The zero-order chi connectivity index (χ0) is 22.7. The number of halogens is 1. The SMILES string of the molecule is Cc1cccc(Oc2ccc(-c3c4n(c5ncnc(N)c35)CCN4C3(C#N)CC3)cc2F)n1. The molecule has 6 rings (SSSR count). The lowest BCUT2D eigenvalue weighted by Crippen LogP contribution is -2.34. The average Bonchev–Trinajstić information content (AvgIpc) is 3.36. The molecule has 1 aliphatic heterocycles. The maximum atomic E-state index is 15.2. The Kier molecular flexibility index (Phi) is 4.08. The molecule has 2 aliphatic rings. The zero-order valence-corrected chi connectivity index (χ0v) is 17.9. The van der Waals surface area contributed by atoms with Gasteiger partial charge >= 0.3 is 0 Å². The molecule has 0 bridgehead atoms. The molecule has 0 amide bonds. The van der Waals surface area contributed by atoms with Crippen molar-refractivity contribution in [2.45, 2.75) is 31.8 Å². The maximum absolute atomic E-state index is 15.2. The second-order valence-electron chi connectivity index (χ2n) is 8.47. The Labute approximate surface area is 189 Å². The van der Waals surface area contributed by atoms with Gasteiger partial charge in [-0.1, -0.05) is 12.1 Å². The quantitative estimate of drug-likeness (QED) is 0.506. The van der Waals surface area contributed by atoms with E-state index in [4.69, 9.17) is 10.5 Å². The molecule has 0 atom stereocenters. The first kappa shape index (κ1) is 19.5. The van der Waals surface area contributed by atoms with Crippen molar-refractivity contribution in [1.29, 1.82) is 5.26 Å². The number of hydrogen-bond acceptors (Lipinski definition) is 7. The van der Waals surface area contributed by atoms with E-state index in [1.54, 1.807) is 24.3 Å². The van der Waals surface area contributed by atoms with Gasteiger partial charge in [-0.15, -0.1) is 0 Å². The number of benzene rings is 1. The van der Waals surface area contributed by atoms with E-state index in [1.165, 1.54) is 12.4 Å². The normalized spacial score (nSPS) is 16.0. The van der Waals surface area contributed by atoms with Gasteiger partial charge in [0.25, 0.3) is 0 Å². The molecule has 0 spiro atoms. The van der Waals surface area contributed by atoms with Gasteiger partial charge in [0.1, 0.15) is 29.1 Å². The number of aryl methyl sites for hydroxylation is 1. The molecule has 1 fully saturated rings. The lowest BCUT2D eigenvalue weighted by Gasteiger charge is -2.24. The smallest absolute Gasteiger partial charge is 0.219 e. The van der Waals surface area contributed by atoms with Crippen LogP contribution in [0.5, 0.6) is 11.6 Å². The second-order valence-corrected chi connectivity index (χ2v) is 8.47. The summed E-state index contributed by atoms with van der Waals surface area (Å²) in [5.74, 6) is 1.04. The summed E-state index contributed by atoms with van der Waals surface area (Å²) in [4.78, 5) is 15.0. The number of anilines is 2. The maximum Gasteiger partial charge on any atom is 0.219 e. The number of nitriles is 1. The van der Waals surface area contributed by atoms with Crippen LogP contribution in [0.3, 0.4) is 0 Å². The number of nitrogens with two attached hydrogens (primary N) is 1. The van der Waals surface area contributed by atoms with E-state index in [9.17, 15) is 5.26 Å². The van der Waals surface area contributed by atoms with Crippen molar-refractivity contribution >= 4 is 22.7 Å². The summed E-state index contributed by atoms with van der Waals surface area (Å²) in [7, 11) is 0. The molecule has 4 aromatic rings. The Bertz CT molecular complexity index is 1470. The van der Waals surface area contributed by atoms with Crippen LogP contribution < -0.4 is 15.4 Å². The van der Waals surface area contributed by atoms with Gasteiger partial charge in [-0.2, -0.15) is 5.26 Å². The van der Waals surface area contributed by atoms with Crippen LogP contribution in [0.1, 0.15) is 18.5 Å². The Balaban J connectivity index is 1.50. The van der Waals surface area contributed by atoms with Crippen molar-refractivity contribution in [3.05, 3.63) is 54.2 Å². The number of pyridine rings is 1. The second kappa shape index (κ2) is 6.90. The first-order chi connectivity index (χ1) is 16.0. The third-order valence-electron chi connectivity index (χ3n) is 6.39. The van der Waals surface area contributed by atoms with Gasteiger partial charge in [-0.3, -0.25) is 0 Å². The minimum Gasteiger partial charge on any atom is -0.436 e. The van der Waals surface area contributed by atoms with Gasteiger partial charge in [0.15, 0.2) is 11.6 Å². The van der Waals surface area contributed by atoms with E-state index in [0.717, 1.165) is 29.9 Å². The van der Waals surface area contributed by atoms with Crippen LogP contribution >= 0.6 is 0 Å². The summed E-state index contributed by atoms with van der Waals surface area (Å²) in [5.41, 5.74) is 8.57.